The van der Waals surface area contributed by atoms with Crippen LogP contribution in [0.4, 0.5) is 16.2 Å². The Morgan fingerprint density at radius 3 is 2.31 bits per heavy atom. The number of likely N-dealkylation sites (tertiary alicyclic amines) is 1. The fraction of sp³-hybridized carbons (Fsp3) is 0.261. The molecule has 2 aromatic carbocycles. The molecule has 0 bridgehead atoms. The van der Waals surface area contributed by atoms with Crippen molar-refractivity contribution >= 4 is 46.5 Å². The fourth-order valence-electron chi connectivity index (χ4n) is 3.80. The van der Waals surface area contributed by atoms with Gasteiger partial charge in [0.05, 0.1) is 22.1 Å². The highest BCUT2D eigenvalue weighted by Crippen LogP contribution is 2.32. The van der Waals surface area contributed by atoms with E-state index in [0.717, 1.165) is 18.5 Å². The van der Waals surface area contributed by atoms with Gasteiger partial charge < -0.3 is 20.1 Å². The van der Waals surface area contributed by atoms with Gasteiger partial charge in [0.2, 0.25) is 5.91 Å². The zero-order chi connectivity index (χ0) is 22.5. The number of carbonyl (C=O) groups is 2. The van der Waals surface area contributed by atoms with Crippen LogP contribution in [0.3, 0.4) is 0 Å². The maximum atomic E-state index is 12.6. The van der Waals surface area contributed by atoms with Gasteiger partial charge in [-0.1, -0.05) is 41.4 Å². The largest absolute Gasteiger partial charge is 0.328 e. The Morgan fingerprint density at radius 1 is 1.00 bits per heavy atom. The van der Waals surface area contributed by atoms with E-state index in [4.69, 9.17) is 23.2 Å². The molecule has 0 saturated carbocycles. The molecule has 9 heteroatoms. The number of urea groups is 1. The van der Waals surface area contributed by atoms with Crippen molar-refractivity contribution in [1.82, 2.24) is 14.5 Å². The van der Waals surface area contributed by atoms with Crippen LogP contribution in [0, 0.1) is 0 Å². The number of benzene rings is 2. The number of piperidine rings is 1. The third-order valence-corrected chi connectivity index (χ3v) is 6.16. The van der Waals surface area contributed by atoms with Crippen LogP contribution in [0.15, 0.2) is 61.2 Å². The molecule has 32 heavy (non-hydrogen) atoms. The molecule has 3 amide bonds. The molecule has 1 aliphatic heterocycles. The van der Waals surface area contributed by atoms with Gasteiger partial charge in [-0.25, -0.2) is 9.78 Å². The molecule has 0 spiro atoms. The summed E-state index contributed by atoms with van der Waals surface area (Å²) in [6.45, 7) is 1.51. The number of hydrogen-bond donors (Lipinski definition) is 2. The zero-order valence-corrected chi connectivity index (χ0v) is 18.8. The molecule has 166 valence electrons. The highest BCUT2D eigenvalue weighted by Gasteiger charge is 2.24. The van der Waals surface area contributed by atoms with E-state index >= 15 is 0 Å². The third kappa shape index (κ3) is 5.41. The number of nitrogens with one attached hydrogen (secondary N) is 2. The van der Waals surface area contributed by atoms with E-state index in [0.29, 0.717) is 34.7 Å². The first kappa shape index (κ1) is 22.2. The first-order valence-electron chi connectivity index (χ1n) is 10.3. The predicted molar refractivity (Wildman–Crippen MR) is 126 cm³/mol. The maximum Gasteiger partial charge on any atom is 0.321 e. The average molecular weight is 472 g/mol. The standard InChI is InChI=1S/C23H23Cl2N5O2/c24-19-2-1-3-20(25)22(19)28-23(32)30-11-8-17(9-12-30)16-4-6-18(7-5-16)27-21(31)14-29-13-10-26-15-29/h1-7,10,13,15,17H,8-9,11-12,14H2,(H,27,31)(H,28,32). The van der Waals surface area contributed by atoms with Crippen molar-refractivity contribution in [2.45, 2.75) is 25.3 Å². The topological polar surface area (TPSA) is 79.3 Å². The maximum absolute atomic E-state index is 12.6. The summed E-state index contributed by atoms with van der Waals surface area (Å²) in [5.74, 6) is 0.257. The predicted octanol–water partition coefficient (Wildman–Crippen LogP) is 5.24. The van der Waals surface area contributed by atoms with Gasteiger partial charge in [0.25, 0.3) is 0 Å². The van der Waals surface area contributed by atoms with Crippen molar-refractivity contribution in [3.8, 4) is 0 Å². The molecule has 0 aliphatic carbocycles. The van der Waals surface area contributed by atoms with Gasteiger partial charge in [-0.3, -0.25) is 4.79 Å². The lowest BCUT2D eigenvalue weighted by molar-refractivity contribution is -0.116. The van der Waals surface area contributed by atoms with E-state index < -0.39 is 0 Å². The van der Waals surface area contributed by atoms with Gasteiger partial charge in [-0.2, -0.15) is 0 Å². The minimum atomic E-state index is -0.200. The number of aromatic nitrogens is 2. The number of rotatable bonds is 5. The van der Waals surface area contributed by atoms with Crippen LogP contribution in [0.5, 0.6) is 0 Å². The molecule has 2 N–H and O–H groups in total. The third-order valence-electron chi connectivity index (χ3n) is 5.53. The molecular formula is C23H23Cl2N5O2. The number of hydrogen-bond acceptors (Lipinski definition) is 3. The average Bonchev–Trinajstić information content (AvgIpc) is 3.30. The Kier molecular flexibility index (Phi) is 6.97. The van der Waals surface area contributed by atoms with Crippen LogP contribution in [-0.4, -0.2) is 39.5 Å². The summed E-state index contributed by atoms with van der Waals surface area (Å²) in [6, 6.07) is 12.8. The van der Waals surface area contributed by atoms with E-state index in [1.807, 2.05) is 24.3 Å². The van der Waals surface area contributed by atoms with Crippen LogP contribution < -0.4 is 10.6 Å². The highest BCUT2D eigenvalue weighted by atomic mass is 35.5. The second-order valence-corrected chi connectivity index (χ2v) is 8.51. The number of carbonyl (C=O) groups excluding carboxylic acids is 2. The molecule has 4 rings (SSSR count). The van der Waals surface area contributed by atoms with Gasteiger partial charge in [0.15, 0.2) is 0 Å². The Balaban J connectivity index is 1.28. The normalized spacial score (nSPS) is 14.2. The van der Waals surface area contributed by atoms with Crippen molar-refractivity contribution in [2.75, 3.05) is 23.7 Å². The van der Waals surface area contributed by atoms with Gasteiger partial charge in [0, 0.05) is 31.2 Å². The van der Waals surface area contributed by atoms with Gasteiger partial charge in [-0.05, 0) is 48.6 Å². The zero-order valence-electron chi connectivity index (χ0n) is 17.3. The van der Waals surface area contributed by atoms with Gasteiger partial charge in [-0.15, -0.1) is 0 Å². The highest BCUT2D eigenvalue weighted by molar-refractivity contribution is 6.39. The lowest BCUT2D eigenvalue weighted by Crippen LogP contribution is -2.40. The van der Waals surface area contributed by atoms with Crippen molar-refractivity contribution in [1.29, 1.82) is 0 Å². The number of nitrogens with zero attached hydrogens (tertiary/aromatic N) is 3. The molecule has 0 unspecified atom stereocenters. The van der Waals surface area contributed by atoms with Crippen LogP contribution in [0.2, 0.25) is 10.0 Å². The summed E-state index contributed by atoms with van der Waals surface area (Å²) in [6.07, 6.45) is 6.71. The Bertz CT molecular complexity index is 1060. The lowest BCUT2D eigenvalue weighted by Gasteiger charge is -2.32. The first-order valence-corrected chi connectivity index (χ1v) is 11.1. The Morgan fingerprint density at radius 2 is 1.69 bits per heavy atom. The summed E-state index contributed by atoms with van der Waals surface area (Å²) >= 11 is 12.3. The number of imidazole rings is 1. The van der Waals surface area contributed by atoms with E-state index in [2.05, 4.69) is 15.6 Å². The molecular weight excluding hydrogens is 449 g/mol. The Hall–Kier alpha value is -3.03. The van der Waals surface area contributed by atoms with E-state index in [1.54, 1.807) is 46.4 Å². The molecule has 7 nitrogen and oxygen atoms in total. The minimum Gasteiger partial charge on any atom is -0.328 e. The molecule has 3 aromatic rings. The molecule has 1 fully saturated rings. The Labute approximate surface area is 196 Å². The summed E-state index contributed by atoms with van der Waals surface area (Å²) in [5, 5.41) is 6.55. The molecule has 1 aliphatic rings. The molecule has 0 atom stereocenters. The molecule has 1 aromatic heterocycles. The van der Waals surface area contributed by atoms with Crippen molar-refractivity contribution in [3.63, 3.8) is 0 Å². The second kappa shape index (κ2) is 10.1. The summed E-state index contributed by atoms with van der Waals surface area (Å²) in [4.78, 5) is 30.5. The molecule has 2 heterocycles. The number of anilines is 2. The van der Waals surface area contributed by atoms with Crippen molar-refractivity contribution < 1.29 is 9.59 Å². The quantitative estimate of drug-likeness (QED) is 0.533. The smallest absolute Gasteiger partial charge is 0.321 e. The van der Waals surface area contributed by atoms with Crippen LogP contribution >= 0.6 is 23.2 Å². The van der Waals surface area contributed by atoms with Crippen LogP contribution in [-0.2, 0) is 11.3 Å². The van der Waals surface area contributed by atoms with Gasteiger partial charge in [0.1, 0.15) is 6.54 Å². The lowest BCUT2D eigenvalue weighted by atomic mass is 9.89. The summed E-state index contributed by atoms with van der Waals surface area (Å²) < 4.78 is 1.72. The molecule has 0 radical (unpaired) electrons. The van der Waals surface area contributed by atoms with E-state index in [-0.39, 0.29) is 18.5 Å². The monoisotopic (exact) mass is 471 g/mol. The second-order valence-electron chi connectivity index (χ2n) is 7.69. The van der Waals surface area contributed by atoms with Crippen LogP contribution in [0.25, 0.3) is 0 Å². The van der Waals surface area contributed by atoms with Crippen molar-refractivity contribution in [3.05, 3.63) is 76.8 Å². The summed E-state index contributed by atoms with van der Waals surface area (Å²) in [7, 11) is 0. The van der Waals surface area contributed by atoms with Crippen molar-refractivity contribution in [2.24, 2.45) is 0 Å². The number of halogens is 2. The summed E-state index contributed by atoms with van der Waals surface area (Å²) in [5.41, 5.74) is 2.40. The SMILES string of the molecule is O=C(Cn1ccnc1)Nc1ccc(C2CCN(C(=O)Nc3c(Cl)cccc3Cl)CC2)cc1. The minimum absolute atomic E-state index is 0.103. The van der Waals surface area contributed by atoms with Crippen LogP contribution in [0.1, 0.15) is 24.3 Å². The van der Waals surface area contributed by atoms with E-state index in [9.17, 15) is 9.59 Å². The molecule has 1 saturated heterocycles. The number of para-hydroxylation sites is 1. The first-order chi connectivity index (χ1) is 15.5. The fourth-order valence-corrected chi connectivity index (χ4v) is 4.30. The number of amides is 3. The van der Waals surface area contributed by atoms with E-state index in [1.165, 1.54) is 5.56 Å². The van der Waals surface area contributed by atoms with Gasteiger partial charge >= 0.3 is 6.03 Å².